The molecule has 0 fully saturated rings. The topological polar surface area (TPSA) is 107 Å². The van der Waals surface area contributed by atoms with E-state index in [2.05, 4.69) is 10.3 Å². The van der Waals surface area contributed by atoms with Crippen molar-refractivity contribution in [3.05, 3.63) is 68.4 Å². The predicted octanol–water partition coefficient (Wildman–Crippen LogP) is 0.819. The Morgan fingerprint density at radius 3 is 2.65 bits per heavy atom. The zero-order valence-electron chi connectivity index (χ0n) is 12.6. The molecule has 0 saturated carbocycles. The van der Waals surface area contributed by atoms with Crippen LogP contribution < -0.4 is 10.9 Å². The predicted molar refractivity (Wildman–Crippen MR) is 83.0 cm³/mol. The number of benzene rings is 1. The number of non-ortho nitro benzene ring substituents is 1. The number of carbonyl (C=O) groups is 1. The maximum atomic E-state index is 11.8. The Morgan fingerprint density at radius 1 is 1.35 bits per heavy atom. The second kappa shape index (κ2) is 7.30. The van der Waals surface area contributed by atoms with E-state index in [4.69, 9.17) is 0 Å². The van der Waals surface area contributed by atoms with E-state index < -0.39 is 4.92 Å². The number of nitro benzene ring substituents is 1. The summed E-state index contributed by atoms with van der Waals surface area (Å²) in [6.07, 6.45) is 1.57. The summed E-state index contributed by atoms with van der Waals surface area (Å²) in [6.45, 7) is 2.37. The molecule has 0 aliphatic heterocycles. The third-order valence-corrected chi connectivity index (χ3v) is 3.20. The number of aromatic nitrogens is 2. The van der Waals surface area contributed by atoms with E-state index in [0.29, 0.717) is 24.3 Å². The van der Waals surface area contributed by atoms with Gasteiger partial charge in [-0.2, -0.15) is 0 Å². The minimum absolute atomic E-state index is 0.0135. The van der Waals surface area contributed by atoms with Gasteiger partial charge in [0, 0.05) is 37.0 Å². The third-order valence-electron chi connectivity index (χ3n) is 3.20. The Hall–Kier alpha value is -3.03. The summed E-state index contributed by atoms with van der Waals surface area (Å²) in [6, 6.07) is 7.25. The minimum Gasteiger partial charge on any atom is -0.354 e. The highest BCUT2D eigenvalue weighted by Crippen LogP contribution is 2.12. The fourth-order valence-corrected chi connectivity index (χ4v) is 1.98. The van der Waals surface area contributed by atoms with E-state index in [1.54, 1.807) is 19.1 Å². The molecule has 0 aliphatic rings. The summed E-state index contributed by atoms with van der Waals surface area (Å²) in [4.78, 5) is 37.5. The van der Waals surface area contributed by atoms with Crippen molar-refractivity contribution in [3.63, 3.8) is 0 Å². The molecule has 1 N–H and O–H groups in total. The Morgan fingerprint density at radius 2 is 2.04 bits per heavy atom. The largest absolute Gasteiger partial charge is 0.354 e. The van der Waals surface area contributed by atoms with Crippen molar-refractivity contribution in [2.75, 3.05) is 6.54 Å². The molecule has 1 heterocycles. The van der Waals surface area contributed by atoms with E-state index in [0.717, 1.165) is 0 Å². The lowest BCUT2D eigenvalue weighted by molar-refractivity contribution is -0.384. The van der Waals surface area contributed by atoms with Crippen molar-refractivity contribution < 1.29 is 9.72 Å². The standard InChI is InChI=1S/C15H16N4O4/c1-11-8-15(21)18(10-17-11)7-6-16-14(20)9-12-2-4-13(5-3-12)19(22)23/h2-5,8,10H,6-7,9H2,1H3,(H,16,20). The summed E-state index contributed by atoms with van der Waals surface area (Å²) in [5, 5.41) is 13.3. The molecule has 0 bridgehead atoms. The van der Waals surface area contributed by atoms with Crippen molar-refractivity contribution in [1.29, 1.82) is 0 Å². The first kappa shape index (κ1) is 16.3. The molecule has 1 amide bonds. The molecule has 1 aromatic heterocycles. The molecule has 0 saturated heterocycles. The number of hydrogen-bond donors (Lipinski definition) is 1. The molecule has 0 radical (unpaired) electrons. The van der Waals surface area contributed by atoms with Crippen LogP contribution in [0.5, 0.6) is 0 Å². The highest BCUT2D eigenvalue weighted by molar-refractivity contribution is 5.78. The number of aryl methyl sites for hydroxylation is 1. The number of nitro groups is 1. The first-order valence-corrected chi connectivity index (χ1v) is 6.99. The molecule has 8 nitrogen and oxygen atoms in total. The number of hydrogen-bond acceptors (Lipinski definition) is 5. The first-order valence-electron chi connectivity index (χ1n) is 6.99. The van der Waals surface area contributed by atoms with Gasteiger partial charge in [-0.25, -0.2) is 4.98 Å². The average molecular weight is 316 g/mol. The van der Waals surface area contributed by atoms with Crippen LogP contribution in [0.4, 0.5) is 5.69 Å². The molecule has 0 atom stereocenters. The van der Waals surface area contributed by atoms with Crippen LogP contribution in [0.25, 0.3) is 0 Å². The van der Waals surface area contributed by atoms with Gasteiger partial charge >= 0.3 is 0 Å². The number of rotatable bonds is 6. The van der Waals surface area contributed by atoms with E-state index in [-0.39, 0.29) is 23.6 Å². The van der Waals surface area contributed by atoms with Gasteiger partial charge in [-0.3, -0.25) is 24.3 Å². The molecule has 0 spiro atoms. The lowest BCUT2D eigenvalue weighted by Gasteiger charge is -2.07. The maximum Gasteiger partial charge on any atom is 0.269 e. The lowest BCUT2D eigenvalue weighted by atomic mass is 10.1. The van der Waals surface area contributed by atoms with Crippen molar-refractivity contribution in [1.82, 2.24) is 14.9 Å². The number of amides is 1. The molecule has 2 rings (SSSR count). The Bertz CT molecular complexity index is 768. The fourth-order valence-electron chi connectivity index (χ4n) is 1.98. The second-order valence-corrected chi connectivity index (χ2v) is 5.01. The highest BCUT2D eigenvalue weighted by Gasteiger charge is 2.07. The van der Waals surface area contributed by atoms with Gasteiger partial charge in [0.1, 0.15) is 0 Å². The summed E-state index contributed by atoms with van der Waals surface area (Å²) >= 11 is 0. The molecule has 0 aliphatic carbocycles. The zero-order valence-corrected chi connectivity index (χ0v) is 12.6. The molecular formula is C15H16N4O4. The third kappa shape index (κ3) is 4.73. The highest BCUT2D eigenvalue weighted by atomic mass is 16.6. The van der Waals surface area contributed by atoms with Crippen LogP contribution in [-0.4, -0.2) is 26.9 Å². The molecular weight excluding hydrogens is 300 g/mol. The van der Waals surface area contributed by atoms with E-state index in [9.17, 15) is 19.7 Å². The van der Waals surface area contributed by atoms with Crippen LogP contribution in [0.3, 0.4) is 0 Å². The van der Waals surface area contributed by atoms with Crippen LogP contribution in [0.1, 0.15) is 11.3 Å². The smallest absolute Gasteiger partial charge is 0.269 e. The monoisotopic (exact) mass is 316 g/mol. The second-order valence-electron chi connectivity index (χ2n) is 5.01. The van der Waals surface area contributed by atoms with Crippen LogP contribution >= 0.6 is 0 Å². The Kier molecular flexibility index (Phi) is 5.19. The van der Waals surface area contributed by atoms with Gasteiger partial charge in [-0.15, -0.1) is 0 Å². The van der Waals surface area contributed by atoms with Crippen LogP contribution in [-0.2, 0) is 17.8 Å². The minimum atomic E-state index is -0.489. The van der Waals surface area contributed by atoms with Gasteiger partial charge in [-0.05, 0) is 12.5 Å². The summed E-state index contributed by atoms with van der Waals surface area (Å²) < 4.78 is 1.42. The van der Waals surface area contributed by atoms with Crippen molar-refractivity contribution in [2.45, 2.75) is 19.9 Å². The zero-order chi connectivity index (χ0) is 16.8. The number of carbonyl (C=O) groups excluding carboxylic acids is 1. The normalized spacial score (nSPS) is 10.3. The maximum absolute atomic E-state index is 11.8. The number of nitrogens with one attached hydrogen (secondary N) is 1. The average Bonchev–Trinajstić information content (AvgIpc) is 2.50. The quantitative estimate of drug-likeness (QED) is 0.627. The van der Waals surface area contributed by atoms with Crippen LogP contribution in [0.15, 0.2) is 41.5 Å². The molecule has 0 unspecified atom stereocenters. The van der Waals surface area contributed by atoms with Gasteiger partial charge in [0.25, 0.3) is 11.2 Å². The Labute approximate surface area is 131 Å². The summed E-state index contributed by atoms with van der Waals surface area (Å²) in [7, 11) is 0. The fraction of sp³-hybridized carbons (Fsp3) is 0.267. The van der Waals surface area contributed by atoms with Crippen molar-refractivity contribution in [3.8, 4) is 0 Å². The van der Waals surface area contributed by atoms with Crippen LogP contribution in [0, 0.1) is 17.0 Å². The van der Waals surface area contributed by atoms with E-state index in [1.165, 1.54) is 29.1 Å². The molecule has 8 heteroatoms. The SMILES string of the molecule is Cc1cc(=O)n(CCNC(=O)Cc2ccc([N+](=O)[O-])cc2)cn1. The van der Waals surface area contributed by atoms with Gasteiger partial charge in [0.15, 0.2) is 0 Å². The molecule has 23 heavy (non-hydrogen) atoms. The van der Waals surface area contributed by atoms with E-state index in [1.807, 2.05) is 0 Å². The first-order chi connectivity index (χ1) is 11.0. The molecule has 2 aromatic rings. The number of nitrogens with zero attached hydrogens (tertiary/aromatic N) is 3. The lowest BCUT2D eigenvalue weighted by Crippen LogP contribution is -2.31. The van der Waals surface area contributed by atoms with Gasteiger partial charge < -0.3 is 5.32 Å². The Balaban J connectivity index is 1.83. The molecule has 120 valence electrons. The summed E-state index contributed by atoms with van der Waals surface area (Å²) in [5.74, 6) is -0.216. The van der Waals surface area contributed by atoms with Crippen LogP contribution in [0.2, 0.25) is 0 Å². The van der Waals surface area contributed by atoms with E-state index >= 15 is 0 Å². The molecule has 1 aromatic carbocycles. The van der Waals surface area contributed by atoms with Gasteiger partial charge in [-0.1, -0.05) is 12.1 Å². The van der Waals surface area contributed by atoms with Gasteiger partial charge in [0.2, 0.25) is 5.91 Å². The van der Waals surface area contributed by atoms with Gasteiger partial charge in [0.05, 0.1) is 17.7 Å². The van der Waals surface area contributed by atoms with Crippen molar-refractivity contribution in [2.24, 2.45) is 0 Å². The summed E-state index contributed by atoms with van der Waals surface area (Å²) in [5.41, 5.74) is 1.15. The van der Waals surface area contributed by atoms with Crippen molar-refractivity contribution >= 4 is 11.6 Å².